The van der Waals surface area contributed by atoms with Crippen molar-refractivity contribution in [3.05, 3.63) is 76.9 Å². The van der Waals surface area contributed by atoms with Crippen LogP contribution < -0.4 is 16.0 Å². The summed E-state index contributed by atoms with van der Waals surface area (Å²) in [6, 6.07) is 20.4. The second-order valence-corrected chi connectivity index (χ2v) is 9.20. The molecule has 3 aromatic rings. The predicted octanol–water partition coefficient (Wildman–Crippen LogP) is 3.87. The first-order chi connectivity index (χ1) is 16.6. The Bertz CT molecular complexity index is 1270. The Morgan fingerprint density at radius 2 is 1.97 bits per heavy atom. The third-order valence-electron chi connectivity index (χ3n) is 6.32. The summed E-state index contributed by atoms with van der Waals surface area (Å²) < 4.78 is 5.73. The number of nitrogens with zero attached hydrogens (tertiary/aromatic N) is 3. The number of likely N-dealkylation sites (tertiary alicyclic amines) is 1. The third kappa shape index (κ3) is 4.36. The third-order valence-corrected chi connectivity index (χ3v) is 6.32. The normalized spacial score (nSPS) is 18.4. The summed E-state index contributed by atoms with van der Waals surface area (Å²) in [4.78, 5) is 13.0. The number of benzene rings is 3. The minimum atomic E-state index is -0.539. The van der Waals surface area contributed by atoms with Gasteiger partial charge in [0.1, 0.15) is 11.8 Å². The van der Waals surface area contributed by atoms with Gasteiger partial charge in [0, 0.05) is 30.8 Å². The van der Waals surface area contributed by atoms with Crippen molar-refractivity contribution in [2.24, 2.45) is 16.6 Å². The Labute approximate surface area is 199 Å². The van der Waals surface area contributed by atoms with Gasteiger partial charge in [-0.2, -0.15) is 5.26 Å². The van der Waals surface area contributed by atoms with Gasteiger partial charge in [-0.25, -0.2) is 15.3 Å². The van der Waals surface area contributed by atoms with Crippen LogP contribution in [0.1, 0.15) is 42.3 Å². The smallest absolute Gasteiger partial charge is 0.202 e. The zero-order chi connectivity index (χ0) is 23.7. The minimum Gasteiger partial charge on any atom is -0.490 e. The van der Waals surface area contributed by atoms with Crippen LogP contribution in [0.15, 0.2) is 59.6 Å². The Balaban J connectivity index is 1.42. The molecule has 1 fully saturated rings. The van der Waals surface area contributed by atoms with Gasteiger partial charge in [0.25, 0.3) is 0 Å². The molecule has 34 heavy (non-hydrogen) atoms. The van der Waals surface area contributed by atoms with Crippen molar-refractivity contribution in [1.29, 1.82) is 5.26 Å². The summed E-state index contributed by atoms with van der Waals surface area (Å²) in [7, 11) is 0. The summed E-state index contributed by atoms with van der Waals surface area (Å²) in [6.45, 7) is 7.66. The van der Waals surface area contributed by atoms with Gasteiger partial charge in [0.2, 0.25) is 6.23 Å². The van der Waals surface area contributed by atoms with Crippen LogP contribution in [0.2, 0.25) is 0 Å². The number of aliphatic imine (C=N–C) groups is 1. The molecule has 174 valence electrons. The second kappa shape index (κ2) is 9.43. The maximum Gasteiger partial charge on any atom is 0.202 e. The van der Waals surface area contributed by atoms with Crippen molar-refractivity contribution in [2.75, 3.05) is 19.6 Å². The summed E-state index contributed by atoms with van der Waals surface area (Å²) >= 11 is 0. The van der Waals surface area contributed by atoms with Crippen LogP contribution in [0, 0.1) is 17.2 Å². The molecule has 1 atom stereocenters. The highest BCUT2D eigenvalue weighted by atomic mass is 16.7. The number of amidine groups is 1. The summed E-state index contributed by atoms with van der Waals surface area (Å²) in [5.74, 6) is 1.86. The lowest BCUT2D eigenvalue weighted by molar-refractivity contribution is 0.0376. The minimum absolute atomic E-state index is 0.00796. The Morgan fingerprint density at radius 3 is 2.71 bits per heavy atom. The van der Waals surface area contributed by atoms with E-state index in [1.54, 1.807) is 12.1 Å². The number of nitriles is 1. The Kier molecular flexibility index (Phi) is 6.20. The zero-order valence-corrected chi connectivity index (χ0v) is 19.5. The monoisotopic (exact) mass is 455 g/mol. The molecule has 0 spiro atoms. The van der Waals surface area contributed by atoms with Gasteiger partial charge in [-0.05, 0) is 54.8 Å². The summed E-state index contributed by atoms with van der Waals surface area (Å²) in [6.07, 6.45) is -0.547. The van der Waals surface area contributed by atoms with Crippen molar-refractivity contribution in [2.45, 2.75) is 32.7 Å². The summed E-state index contributed by atoms with van der Waals surface area (Å²) in [5.41, 5.74) is 12.3. The highest BCUT2D eigenvalue weighted by Crippen LogP contribution is 2.31. The Hall–Kier alpha value is -3.44. The van der Waals surface area contributed by atoms with Crippen molar-refractivity contribution in [3.8, 4) is 11.8 Å². The standard InChI is InChI=1S/C27H29N5O2/c1-17(2)33-25-10-8-19(11-21(25)13-29)27-30-26(31-34-27)24-9-7-20(16-32-14-18(12-28)15-32)22-5-3-4-6-23(22)24/h3-11,17-18,27H,12,14-16,28H2,1-2H3,(H,30,31). The lowest BCUT2D eigenvalue weighted by Crippen LogP contribution is -2.49. The van der Waals surface area contributed by atoms with E-state index in [0.717, 1.165) is 42.7 Å². The second-order valence-electron chi connectivity index (χ2n) is 9.20. The fourth-order valence-electron chi connectivity index (χ4n) is 4.60. The molecule has 7 nitrogen and oxygen atoms in total. The molecule has 0 bridgehead atoms. The molecule has 0 amide bonds. The van der Waals surface area contributed by atoms with E-state index < -0.39 is 6.23 Å². The lowest BCUT2D eigenvalue weighted by Gasteiger charge is -2.38. The average Bonchev–Trinajstić information content (AvgIpc) is 3.31. The van der Waals surface area contributed by atoms with E-state index in [9.17, 15) is 5.26 Å². The number of hydrogen-bond acceptors (Lipinski definition) is 7. The van der Waals surface area contributed by atoms with Crippen LogP contribution in [0.4, 0.5) is 0 Å². The molecule has 2 heterocycles. The SMILES string of the molecule is CC(C)Oc1ccc(C2N=C(c3ccc(CN4CC(CN)C4)c4ccccc34)NO2)cc1C#N. The van der Waals surface area contributed by atoms with Crippen LogP contribution >= 0.6 is 0 Å². The van der Waals surface area contributed by atoms with E-state index in [2.05, 4.69) is 46.8 Å². The van der Waals surface area contributed by atoms with Gasteiger partial charge in [0.05, 0.1) is 11.7 Å². The van der Waals surface area contributed by atoms with E-state index in [1.807, 2.05) is 26.0 Å². The molecule has 5 rings (SSSR count). The quantitative estimate of drug-likeness (QED) is 0.562. The molecule has 1 unspecified atom stereocenters. The van der Waals surface area contributed by atoms with Crippen molar-refractivity contribution in [3.63, 3.8) is 0 Å². The first kappa shape index (κ1) is 22.4. The van der Waals surface area contributed by atoms with E-state index in [1.165, 1.54) is 10.9 Å². The number of hydrogen-bond donors (Lipinski definition) is 2. The van der Waals surface area contributed by atoms with Crippen LogP contribution in [0.25, 0.3) is 10.8 Å². The lowest BCUT2D eigenvalue weighted by atomic mass is 9.95. The van der Waals surface area contributed by atoms with Gasteiger partial charge in [-0.3, -0.25) is 4.90 Å². The largest absolute Gasteiger partial charge is 0.490 e. The number of rotatable bonds is 7. The van der Waals surface area contributed by atoms with Crippen LogP contribution in [0.5, 0.6) is 5.75 Å². The van der Waals surface area contributed by atoms with Crippen LogP contribution in [-0.2, 0) is 11.4 Å². The Morgan fingerprint density at radius 1 is 1.18 bits per heavy atom. The summed E-state index contributed by atoms with van der Waals surface area (Å²) in [5, 5.41) is 11.9. The number of fused-ring (bicyclic) bond motifs is 1. The molecule has 0 aliphatic carbocycles. The van der Waals surface area contributed by atoms with Gasteiger partial charge in [0.15, 0.2) is 5.84 Å². The van der Waals surface area contributed by atoms with E-state index in [0.29, 0.717) is 23.1 Å². The van der Waals surface area contributed by atoms with Gasteiger partial charge < -0.3 is 10.5 Å². The van der Waals surface area contributed by atoms with E-state index in [4.69, 9.17) is 20.3 Å². The van der Waals surface area contributed by atoms with Crippen LogP contribution in [0.3, 0.4) is 0 Å². The molecule has 1 saturated heterocycles. The fraction of sp³-hybridized carbons (Fsp3) is 0.333. The van der Waals surface area contributed by atoms with Gasteiger partial charge in [-0.15, -0.1) is 0 Å². The van der Waals surface area contributed by atoms with Crippen LogP contribution in [-0.4, -0.2) is 36.5 Å². The number of nitrogens with one attached hydrogen (secondary N) is 1. The van der Waals surface area contributed by atoms with Crippen molar-refractivity contribution < 1.29 is 9.57 Å². The maximum atomic E-state index is 9.55. The van der Waals surface area contributed by atoms with Gasteiger partial charge in [-0.1, -0.05) is 42.5 Å². The average molecular weight is 456 g/mol. The molecule has 3 aromatic carbocycles. The predicted molar refractivity (Wildman–Crippen MR) is 132 cm³/mol. The van der Waals surface area contributed by atoms with E-state index >= 15 is 0 Å². The highest BCUT2D eigenvalue weighted by Gasteiger charge is 2.27. The topological polar surface area (TPSA) is 95.9 Å². The molecule has 0 saturated carbocycles. The molecule has 2 aliphatic rings. The molecule has 0 aromatic heterocycles. The maximum absolute atomic E-state index is 9.55. The van der Waals surface area contributed by atoms with E-state index in [-0.39, 0.29) is 6.10 Å². The molecule has 7 heteroatoms. The van der Waals surface area contributed by atoms with Crippen molar-refractivity contribution >= 4 is 16.6 Å². The molecular formula is C27H29N5O2. The number of nitrogens with two attached hydrogens (primary N) is 1. The molecule has 0 radical (unpaired) electrons. The first-order valence-corrected chi connectivity index (χ1v) is 11.7. The molecule has 2 aliphatic heterocycles. The highest BCUT2D eigenvalue weighted by molar-refractivity contribution is 6.10. The van der Waals surface area contributed by atoms with Gasteiger partial charge >= 0.3 is 0 Å². The fourth-order valence-corrected chi connectivity index (χ4v) is 4.60. The molecule has 3 N–H and O–H groups in total. The number of hydroxylamine groups is 1. The first-order valence-electron chi connectivity index (χ1n) is 11.7. The molecular weight excluding hydrogens is 426 g/mol. The van der Waals surface area contributed by atoms with Crippen molar-refractivity contribution in [1.82, 2.24) is 10.4 Å². The zero-order valence-electron chi connectivity index (χ0n) is 19.5. The number of ether oxygens (including phenoxy) is 1.